The van der Waals surface area contributed by atoms with Crippen molar-refractivity contribution in [1.82, 2.24) is 0 Å². The minimum Gasteiger partial charge on any atom is -0.465 e. The number of allylic oxidation sites excluding steroid dienone is 2. The topological polar surface area (TPSA) is 41.6 Å². The van der Waals surface area contributed by atoms with E-state index in [1.807, 2.05) is 26.2 Å². The second kappa shape index (κ2) is 6.52. The van der Waals surface area contributed by atoms with Gasteiger partial charge in [-0.05, 0) is 41.7 Å². The van der Waals surface area contributed by atoms with Crippen molar-refractivity contribution in [3.8, 4) is 0 Å². The molecule has 0 aromatic heterocycles. The molecule has 0 bridgehead atoms. The van der Waals surface area contributed by atoms with E-state index in [0.29, 0.717) is 17.4 Å². The van der Waals surface area contributed by atoms with E-state index in [9.17, 15) is 4.79 Å². The maximum atomic E-state index is 12.3. The minimum atomic E-state index is -0.295. The Bertz CT molecular complexity index is 855. The number of esters is 1. The molecule has 26 heavy (non-hydrogen) atoms. The zero-order valence-corrected chi connectivity index (χ0v) is 15.4. The third kappa shape index (κ3) is 2.66. The number of hydrogen-bond acceptors (Lipinski definition) is 4. The van der Waals surface area contributed by atoms with Crippen molar-refractivity contribution in [3.05, 3.63) is 71.3 Å². The molecule has 0 fully saturated rings. The van der Waals surface area contributed by atoms with Gasteiger partial charge in [0.15, 0.2) is 0 Å². The Morgan fingerprint density at radius 1 is 1.15 bits per heavy atom. The number of hydrogen-bond donors (Lipinski definition) is 1. The summed E-state index contributed by atoms with van der Waals surface area (Å²) in [6, 6.07) is 14.7. The Hall–Kier alpha value is -2.75. The first-order valence-corrected chi connectivity index (χ1v) is 9.02. The summed E-state index contributed by atoms with van der Waals surface area (Å²) in [5, 5.41) is 3.66. The molecule has 0 amide bonds. The van der Waals surface area contributed by atoms with Crippen molar-refractivity contribution in [2.45, 2.75) is 18.4 Å². The molecule has 1 aliphatic carbocycles. The van der Waals surface area contributed by atoms with E-state index in [1.165, 1.54) is 23.9 Å². The van der Waals surface area contributed by atoms with Crippen LogP contribution in [-0.4, -0.2) is 27.2 Å². The largest absolute Gasteiger partial charge is 0.465 e. The predicted octanol–water partition coefficient (Wildman–Crippen LogP) is 4.37. The molecule has 1 aliphatic heterocycles. The number of nitrogens with zero attached hydrogens (tertiary/aromatic N) is 1. The highest BCUT2D eigenvalue weighted by atomic mass is 16.5. The zero-order valence-electron chi connectivity index (χ0n) is 15.4. The third-order valence-corrected chi connectivity index (χ3v) is 5.57. The van der Waals surface area contributed by atoms with E-state index in [0.717, 1.165) is 12.1 Å². The second-order valence-corrected chi connectivity index (χ2v) is 7.22. The van der Waals surface area contributed by atoms with Crippen molar-refractivity contribution < 1.29 is 9.53 Å². The fourth-order valence-corrected chi connectivity index (χ4v) is 4.21. The Kier molecular flexibility index (Phi) is 4.19. The van der Waals surface area contributed by atoms with Gasteiger partial charge < -0.3 is 15.0 Å². The lowest BCUT2D eigenvalue weighted by Crippen LogP contribution is -2.30. The number of fused-ring (bicyclic) bond motifs is 3. The normalized spacial score (nSPS) is 23.0. The lowest BCUT2D eigenvalue weighted by atomic mass is 9.76. The van der Waals surface area contributed by atoms with Gasteiger partial charge in [-0.3, -0.25) is 0 Å². The van der Waals surface area contributed by atoms with Crippen molar-refractivity contribution in [3.63, 3.8) is 0 Å². The number of methoxy groups -OCH3 is 1. The van der Waals surface area contributed by atoms with Gasteiger partial charge in [0.25, 0.3) is 0 Å². The van der Waals surface area contributed by atoms with Gasteiger partial charge >= 0.3 is 5.97 Å². The van der Waals surface area contributed by atoms with E-state index in [1.54, 1.807) is 0 Å². The van der Waals surface area contributed by atoms with E-state index in [2.05, 4.69) is 52.7 Å². The average molecular weight is 348 g/mol. The molecule has 4 nitrogen and oxygen atoms in total. The summed E-state index contributed by atoms with van der Waals surface area (Å²) >= 11 is 0. The Labute approximate surface area is 154 Å². The van der Waals surface area contributed by atoms with Crippen LogP contribution in [0.4, 0.5) is 11.4 Å². The summed E-state index contributed by atoms with van der Waals surface area (Å²) in [4.78, 5) is 14.4. The first-order chi connectivity index (χ1) is 12.6. The molecule has 2 aliphatic rings. The maximum absolute atomic E-state index is 12.3. The van der Waals surface area contributed by atoms with Crippen LogP contribution >= 0.6 is 0 Å². The summed E-state index contributed by atoms with van der Waals surface area (Å²) in [5.41, 5.74) is 5.14. The lowest BCUT2D eigenvalue weighted by molar-refractivity contribution is 0.0601. The van der Waals surface area contributed by atoms with Gasteiger partial charge in [0, 0.05) is 25.7 Å². The fourth-order valence-electron chi connectivity index (χ4n) is 4.21. The van der Waals surface area contributed by atoms with E-state index in [-0.39, 0.29) is 12.0 Å². The molecule has 3 atom stereocenters. The average Bonchev–Trinajstić information content (AvgIpc) is 3.16. The van der Waals surface area contributed by atoms with Crippen LogP contribution in [-0.2, 0) is 4.74 Å². The molecule has 0 radical (unpaired) electrons. The SMILES string of the molecule is COC(=O)c1cccc2c1NC(c1ccc(N(C)C)cc1)C1CC=CC21. The van der Waals surface area contributed by atoms with Crippen LogP contribution in [0.5, 0.6) is 0 Å². The van der Waals surface area contributed by atoms with Crippen molar-refractivity contribution >= 4 is 17.3 Å². The number of carbonyl (C=O) groups is 1. The van der Waals surface area contributed by atoms with Gasteiger partial charge in [-0.25, -0.2) is 4.79 Å². The molecule has 4 heteroatoms. The van der Waals surface area contributed by atoms with Gasteiger partial charge in [0.1, 0.15) is 0 Å². The van der Waals surface area contributed by atoms with Crippen molar-refractivity contribution in [2.24, 2.45) is 5.92 Å². The molecular weight excluding hydrogens is 324 g/mol. The number of para-hydroxylation sites is 1. The van der Waals surface area contributed by atoms with E-state index in [4.69, 9.17) is 4.74 Å². The molecule has 0 saturated carbocycles. The van der Waals surface area contributed by atoms with Crippen LogP contribution in [0.3, 0.4) is 0 Å². The van der Waals surface area contributed by atoms with Crippen molar-refractivity contribution in [2.75, 3.05) is 31.4 Å². The summed E-state index contributed by atoms with van der Waals surface area (Å²) < 4.78 is 4.99. The van der Waals surface area contributed by atoms with Gasteiger partial charge in [-0.1, -0.05) is 36.4 Å². The highest BCUT2D eigenvalue weighted by Crippen LogP contribution is 2.50. The zero-order chi connectivity index (χ0) is 18.3. The highest BCUT2D eigenvalue weighted by Gasteiger charge is 2.39. The first kappa shape index (κ1) is 16.7. The molecule has 1 N–H and O–H groups in total. The van der Waals surface area contributed by atoms with Crippen LogP contribution < -0.4 is 10.2 Å². The molecular formula is C22H24N2O2. The predicted molar refractivity (Wildman–Crippen MR) is 105 cm³/mol. The first-order valence-electron chi connectivity index (χ1n) is 9.02. The highest BCUT2D eigenvalue weighted by molar-refractivity contribution is 5.97. The Balaban J connectivity index is 1.76. The maximum Gasteiger partial charge on any atom is 0.339 e. The molecule has 4 rings (SSSR count). The van der Waals surface area contributed by atoms with Crippen LogP contribution in [0, 0.1) is 5.92 Å². The standard InChI is InChI=1S/C22H24N2O2/c1-24(2)15-12-10-14(11-13-15)20-17-7-4-6-16(17)18-8-5-9-19(21(18)23-20)22(25)26-3/h4-6,8-13,16-17,20,23H,7H2,1-3H3. The fraction of sp³-hybridized carbons (Fsp3) is 0.318. The van der Waals surface area contributed by atoms with Crippen molar-refractivity contribution in [1.29, 1.82) is 0 Å². The molecule has 0 saturated heterocycles. The number of rotatable bonds is 3. The number of carbonyl (C=O) groups excluding carboxylic acids is 1. The van der Waals surface area contributed by atoms with E-state index >= 15 is 0 Å². The summed E-state index contributed by atoms with van der Waals surface area (Å²) in [6.07, 6.45) is 5.59. The summed E-state index contributed by atoms with van der Waals surface area (Å²) in [7, 11) is 5.52. The summed E-state index contributed by atoms with van der Waals surface area (Å²) in [5.74, 6) is 0.492. The van der Waals surface area contributed by atoms with Crippen LogP contribution in [0.2, 0.25) is 0 Å². The molecule has 2 aromatic rings. The van der Waals surface area contributed by atoms with E-state index < -0.39 is 0 Å². The Morgan fingerprint density at radius 2 is 1.92 bits per heavy atom. The monoisotopic (exact) mass is 348 g/mol. The smallest absolute Gasteiger partial charge is 0.339 e. The second-order valence-electron chi connectivity index (χ2n) is 7.22. The third-order valence-electron chi connectivity index (χ3n) is 5.57. The number of nitrogens with one attached hydrogen (secondary N) is 1. The molecule has 0 spiro atoms. The minimum absolute atomic E-state index is 0.171. The van der Waals surface area contributed by atoms with Gasteiger partial charge in [0.05, 0.1) is 24.4 Å². The molecule has 3 unspecified atom stereocenters. The van der Waals surface area contributed by atoms with Gasteiger partial charge in [0.2, 0.25) is 0 Å². The Morgan fingerprint density at radius 3 is 2.62 bits per heavy atom. The number of benzene rings is 2. The summed E-state index contributed by atoms with van der Waals surface area (Å²) in [6.45, 7) is 0. The quantitative estimate of drug-likeness (QED) is 0.661. The van der Waals surface area contributed by atoms with Gasteiger partial charge in [-0.15, -0.1) is 0 Å². The number of anilines is 2. The van der Waals surface area contributed by atoms with Crippen LogP contribution in [0.15, 0.2) is 54.6 Å². The molecule has 1 heterocycles. The van der Waals surface area contributed by atoms with Crippen LogP contribution in [0.1, 0.15) is 39.9 Å². The molecule has 2 aromatic carbocycles. The van der Waals surface area contributed by atoms with Gasteiger partial charge in [-0.2, -0.15) is 0 Å². The lowest BCUT2D eigenvalue weighted by Gasteiger charge is -2.38. The van der Waals surface area contributed by atoms with Crippen LogP contribution in [0.25, 0.3) is 0 Å². The number of ether oxygens (including phenoxy) is 1. The molecule has 134 valence electrons.